The largest absolute Gasteiger partial charge is 0.394 e. The maximum Gasteiger partial charge on any atom is 0.313 e. The molecule has 0 fully saturated rings. The Balaban J connectivity index is 2.69. The van der Waals surface area contributed by atoms with E-state index >= 15 is 0 Å². The van der Waals surface area contributed by atoms with Crippen LogP contribution in [0.25, 0.3) is 0 Å². The number of hydrogen-bond acceptors (Lipinski definition) is 3. The summed E-state index contributed by atoms with van der Waals surface area (Å²) >= 11 is 0. The van der Waals surface area contributed by atoms with Gasteiger partial charge in [-0.3, -0.25) is 9.59 Å². The van der Waals surface area contributed by atoms with Gasteiger partial charge in [-0.2, -0.15) is 0 Å². The molecule has 7 heteroatoms. The highest BCUT2D eigenvalue weighted by atomic mass is 19.2. The first kappa shape index (κ1) is 15.0. The van der Waals surface area contributed by atoms with Crippen LogP contribution in [-0.2, 0) is 9.59 Å². The highest BCUT2D eigenvalue weighted by Gasteiger charge is 2.19. The molecule has 1 aromatic carbocycles. The van der Waals surface area contributed by atoms with E-state index in [1.165, 1.54) is 6.07 Å². The minimum atomic E-state index is -1.24. The lowest BCUT2D eigenvalue weighted by molar-refractivity contribution is -0.136. The zero-order valence-electron chi connectivity index (χ0n) is 10.2. The Morgan fingerprint density at radius 1 is 1.32 bits per heavy atom. The predicted octanol–water partition coefficient (Wildman–Crippen LogP) is 0.790. The van der Waals surface area contributed by atoms with Crippen LogP contribution in [0.15, 0.2) is 18.2 Å². The van der Waals surface area contributed by atoms with Gasteiger partial charge in [0.15, 0.2) is 11.6 Å². The number of aliphatic hydroxyl groups is 1. The van der Waals surface area contributed by atoms with Crippen LogP contribution >= 0.6 is 0 Å². The lowest BCUT2D eigenvalue weighted by Gasteiger charge is -2.13. The average Bonchev–Trinajstić information content (AvgIpc) is 2.40. The molecule has 0 aliphatic rings. The molecule has 0 radical (unpaired) electrons. The van der Waals surface area contributed by atoms with Gasteiger partial charge in [0.05, 0.1) is 18.3 Å². The smallest absolute Gasteiger partial charge is 0.313 e. The van der Waals surface area contributed by atoms with E-state index in [9.17, 15) is 18.4 Å². The molecule has 5 nitrogen and oxygen atoms in total. The fourth-order valence-electron chi connectivity index (χ4n) is 1.31. The third-order valence-corrected chi connectivity index (χ3v) is 2.45. The fraction of sp³-hybridized carbons (Fsp3) is 0.333. The monoisotopic (exact) mass is 272 g/mol. The van der Waals surface area contributed by atoms with Crippen LogP contribution < -0.4 is 10.6 Å². The molecule has 2 amide bonds. The van der Waals surface area contributed by atoms with Crippen molar-refractivity contribution in [1.29, 1.82) is 0 Å². The van der Waals surface area contributed by atoms with Gasteiger partial charge < -0.3 is 15.7 Å². The summed E-state index contributed by atoms with van der Waals surface area (Å²) in [6, 6.07) is 2.67. The highest BCUT2D eigenvalue weighted by molar-refractivity contribution is 6.39. The number of carbonyl (C=O) groups excluding carboxylic acids is 2. The van der Waals surface area contributed by atoms with E-state index in [1.807, 2.05) is 5.32 Å². The number of rotatable bonds is 4. The van der Waals surface area contributed by atoms with Crippen LogP contribution in [-0.4, -0.2) is 29.6 Å². The Morgan fingerprint density at radius 3 is 2.58 bits per heavy atom. The van der Waals surface area contributed by atoms with Crippen LogP contribution in [0.3, 0.4) is 0 Å². The summed E-state index contributed by atoms with van der Waals surface area (Å²) in [6.07, 6.45) is 0.434. The molecular weight excluding hydrogens is 258 g/mol. The molecule has 0 spiro atoms. The van der Waals surface area contributed by atoms with Crippen LogP contribution in [0, 0.1) is 11.6 Å². The molecule has 0 aliphatic heterocycles. The second kappa shape index (κ2) is 6.79. The SMILES string of the molecule is CCC(CO)NC(=O)C(=O)Nc1cccc(F)c1F. The summed E-state index contributed by atoms with van der Waals surface area (Å²) in [5.74, 6) is -4.51. The standard InChI is InChI=1S/C12H14F2N2O3/c1-2-7(6-17)15-11(18)12(19)16-9-5-3-4-8(13)10(9)14/h3-5,7,17H,2,6H2,1H3,(H,15,18)(H,16,19). The van der Waals surface area contributed by atoms with Gasteiger partial charge in [-0.25, -0.2) is 8.78 Å². The minimum Gasteiger partial charge on any atom is -0.394 e. The third kappa shape index (κ3) is 3.99. The van der Waals surface area contributed by atoms with Gasteiger partial charge in [0, 0.05) is 0 Å². The van der Waals surface area contributed by atoms with Gasteiger partial charge >= 0.3 is 11.8 Å². The molecule has 0 saturated carbocycles. The van der Waals surface area contributed by atoms with E-state index in [-0.39, 0.29) is 6.61 Å². The van der Waals surface area contributed by atoms with Gasteiger partial charge in [0.25, 0.3) is 0 Å². The molecule has 19 heavy (non-hydrogen) atoms. The third-order valence-electron chi connectivity index (χ3n) is 2.45. The van der Waals surface area contributed by atoms with Gasteiger partial charge in [-0.05, 0) is 18.6 Å². The van der Waals surface area contributed by atoms with Crippen LogP contribution in [0.2, 0.25) is 0 Å². The van der Waals surface area contributed by atoms with Crippen molar-refractivity contribution in [3.63, 3.8) is 0 Å². The number of anilines is 1. The van der Waals surface area contributed by atoms with Crippen LogP contribution in [0.1, 0.15) is 13.3 Å². The zero-order chi connectivity index (χ0) is 14.4. The molecule has 0 aliphatic carbocycles. The summed E-state index contributed by atoms with van der Waals surface area (Å²) in [5, 5.41) is 13.1. The molecule has 1 unspecified atom stereocenters. The number of halogens is 2. The highest BCUT2D eigenvalue weighted by Crippen LogP contribution is 2.16. The summed E-state index contributed by atoms with van der Waals surface area (Å²) in [7, 11) is 0. The van der Waals surface area contributed by atoms with Crippen LogP contribution in [0.5, 0.6) is 0 Å². The molecule has 0 aromatic heterocycles. The van der Waals surface area contributed by atoms with E-state index in [2.05, 4.69) is 5.32 Å². The molecule has 104 valence electrons. The van der Waals surface area contributed by atoms with E-state index in [1.54, 1.807) is 6.92 Å². The van der Waals surface area contributed by atoms with Gasteiger partial charge in [0.1, 0.15) is 0 Å². The summed E-state index contributed by atoms with van der Waals surface area (Å²) < 4.78 is 26.1. The number of aliphatic hydroxyl groups excluding tert-OH is 1. The molecule has 3 N–H and O–H groups in total. The molecule has 0 saturated heterocycles. The Bertz CT molecular complexity index is 476. The van der Waals surface area contributed by atoms with E-state index in [0.29, 0.717) is 6.42 Å². The molecule has 1 rings (SSSR count). The minimum absolute atomic E-state index is 0.316. The van der Waals surface area contributed by atoms with Gasteiger partial charge in [-0.15, -0.1) is 0 Å². The number of carbonyl (C=O) groups is 2. The van der Waals surface area contributed by atoms with Crippen molar-refractivity contribution >= 4 is 17.5 Å². The van der Waals surface area contributed by atoms with Crippen LogP contribution in [0.4, 0.5) is 14.5 Å². The Labute approximate surface area is 108 Å². The molecular formula is C12H14F2N2O3. The van der Waals surface area contributed by atoms with E-state index in [0.717, 1.165) is 12.1 Å². The predicted molar refractivity (Wildman–Crippen MR) is 64.3 cm³/mol. The second-order valence-electron chi connectivity index (χ2n) is 3.82. The van der Waals surface area contributed by atoms with E-state index in [4.69, 9.17) is 5.11 Å². The fourth-order valence-corrected chi connectivity index (χ4v) is 1.31. The Kier molecular flexibility index (Phi) is 5.37. The summed E-state index contributed by atoms with van der Waals surface area (Å²) in [5.41, 5.74) is -0.419. The van der Waals surface area contributed by atoms with Crippen molar-refractivity contribution in [2.45, 2.75) is 19.4 Å². The molecule has 1 atom stereocenters. The van der Waals surface area contributed by atoms with Gasteiger partial charge in [-0.1, -0.05) is 13.0 Å². The maximum absolute atomic E-state index is 13.3. The lowest BCUT2D eigenvalue weighted by Crippen LogP contribution is -2.43. The first-order valence-electron chi connectivity index (χ1n) is 5.66. The van der Waals surface area contributed by atoms with Gasteiger partial charge in [0.2, 0.25) is 0 Å². The van der Waals surface area contributed by atoms with Crippen molar-refractivity contribution in [2.75, 3.05) is 11.9 Å². The normalized spacial score (nSPS) is 11.8. The van der Waals surface area contributed by atoms with Crippen molar-refractivity contribution < 1.29 is 23.5 Å². The van der Waals surface area contributed by atoms with Crippen molar-refractivity contribution in [2.24, 2.45) is 0 Å². The number of benzene rings is 1. The summed E-state index contributed by atoms with van der Waals surface area (Å²) in [6.45, 7) is 1.40. The molecule has 0 heterocycles. The number of nitrogens with one attached hydrogen (secondary N) is 2. The quantitative estimate of drug-likeness (QED) is 0.709. The van der Waals surface area contributed by atoms with Crippen molar-refractivity contribution in [1.82, 2.24) is 5.32 Å². The zero-order valence-corrected chi connectivity index (χ0v) is 10.2. The number of hydrogen-bond donors (Lipinski definition) is 3. The lowest BCUT2D eigenvalue weighted by atomic mass is 10.2. The molecule has 1 aromatic rings. The Hall–Kier alpha value is -2.02. The second-order valence-corrected chi connectivity index (χ2v) is 3.82. The van der Waals surface area contributed by atoms with E-state index < -0.39 is 35.2 Å². The first-order valence-corrected chi connectivity index (χ1v) is 5.66. The van der Waals surface area contributed by atoms with Crippen molar-refractivity contribution in [3.8, 4) is 0 Å². The summed E-state index contributed by atoms with van der Waals surface area (Å²) in [4.78, 5) is 22.9. The molecule has 0 bridgehead atoms. The number of amides is 2. The van der Waals surface area contributed by atoms with Crippen molar-refractivity contribution in [3.05, 3.63) is 29.8 Å². The Morgan fingerprint density at radius 2 is 2.00 bits per heavy atom. The first-order chi connectivity index (χ1) is 8.99. The average molecular weight is 272 g/mol. The topological polar surface area (TPSA) is 78.4 Å². The maximum atomic E-state index is 13.3.